The average molecular weight is 1260 g/mol. The van der Waals surface area contributed by atoms with Gasteiger partial charge < -0.3 is 49.3 Å². The van der Waals surface area contributed by atoms with Crippen molar-refractivity contribution in [1.82, 2.24) is 20.4 Å². The number of anilines is 1. The van der Waals surface area contributed by atoms with E-state index in [1.54, 1.807) is 24.2 Å². The van der Waals surface area contributed by atoms with Crippen LogP contribution >= 0.6 is 34.9 Å². The number of aromatic nitrogens is 4. The van der Waals surface area contributed by atoms with E-state index >= 15 is 0 Å². The zero-order chi connectivity index (χ0) is 62.0. The minimum absolute atomic E-state index is 0.0568. The number of nitrogens with zero attached hydrogens (tertiary/aromatic N) is 6. The Bertz CT molecular complexity index is 4070. The fourth-order valence-corrected chi connectivity index (χ4v) is 13.7. The molecule has 90 heavy (non-hydrogen) atoms. The molecule has 452 valence electrons. The van der Waals surface area contributed by atoms with Crippen LogP contribution in [0.15, 0.2) is 250 Å². The third kappa shape index (κ3) is 12.9. The molecule has 0 bridgehead atoms. The van der Waals surface area contributed by atoms with Gasteiger partial charge in [-0.2, -0.15) is 10.2 Å². The zero-order valence-electron chi connectivity index (χ0n) is 48.4. The number of carbonyl (C=O) groups excluding carboxylic acids is 3. The van der Waals surface area contributed by atoms with Crippen molar-refractivity contribution >= 4 is 63.5 Å². The number of methoxy groups -OCH3 is 1. The number of rotatable bonds is 25. The van der Waals surface area contributed by atoms with Crippen LogP contribution in [-0.4, -0.2) is 75.6 Å². The van der Waals surface area contributed by atoms with E-state index in [1.807, 2.05) is 200 Å². The summed E-state index contributed by atoms with van der Waals surface area (Å²) in [6.07, 6.45) is 4.34. The molecule has 2 amide bonds. The Hall–Kier alpha value is -10.4. The SMILES string of the molecule is CN[n+]1ccc(SCC2=C(C(=O)[O-])N3C(=O)[C@@H](NC(=O)/C(=N\OCc4cc(-c5cc(OC(c6ccccc6)c6ccccc6)c(OCc6ccc(OC)cc6)c[n+]5[O-])no4)c4csc(NC(c5ccccc5)(c5ccccc5)c5ccccc5)n4)[C@H]3SC2)cc1. The quantitative estimate of drug-likeness (QED) is 0.00920. The van der Waals surface area contributed by atoms with Gasteiger partial charge in [0, 0.05) is 40.0 Å². The highest BCUT2D eigenvalue weighted by atomic mass is 32.2. The number of carbonyl (C=O) groups is 3. The summed E-state index contributed by atoms with van der Waals surface area (Å²) < 4.78 is 26.6. The van der Waals surface area contributed by atoms with Crippen LogP contribution in [0.5, 0.6) is 17.2 Å². The maximum Gasteiger partial charge on any atom is 0.276 e. The van der Waals surface area contributed by atoms with Crippen molar-refractivity contribution in [3.8, 4) is 28.6 Å². The van der Waals surface area contributed by atoms with Crippen LogP contribution in [0.3, 0.4) is 0 Å². The first-order valence-electron chi connectivity index (χ1n) is 28.4. The van der Waals surface area contributed by atoms with Crippen molar-refractivity contribution in [2.45, 2.75) is 41.2 Å². The number of hydrogen-bond acceptors (Lipinski definition) is 18. The number of hydrogen-bond donors (Lipinski definition) is 3. The molecule has 0 spiro atoms. The maximum atomic E-state index is 14.8. The third-order valence-electron chi connectivity index (χ3n) is 15.0. The Morgan fingerprint density at radius 2 is 1.42 bits per heavy atom. The molecule has 0 aliphatic carbocycles. The number of β-lactam (4-membered cyclic amide) rings is 1. The average Bonchev–Trinajstić information content (AvgIpc) is 0.942. The second kappa shape index (κ2) is 27.3. The predicted molar refractivity (Wildman–Crippen MR) is 340 cm³/mol. The number of pyridine rings is 2. The smallest absolute Gasteiger partial charge is 0.276 e. The summed E-state index contributed by atoms with van der Waals surface area (Å²) in [4.78, 5) is 54.8. The number of fused-ring (bicyclic) bond motifs is 1. The molecule has 4 aromatic heterocycles. The number of thioether (sulfide) groups is 2. The van der Waals surface area contributed by atoms with Crippen LogP contribution < -0.4 is 44.8 Å². The Kier molecular flexibility index (Phi) is 18.2. The second-order valence-corrected chi connectivity index (χ2v) is 23.6. The van der Waals surface area contributed by atoms with E-state index in [0.29, 0.717) is 21.2 Å². The Labute approximate surface area is 530 Å². The van der Waals surface area contributed by atoms with Gasteiger partial charge in [-0.25, -0.2) is 4.98 Å². The molecule has 0 unspecified atom stereocenters. The van der Waals surface area contributed by atoms with Crippen LogP contribution in [-0.2, 0) is 38.0 Å². The lowest BCUT2D eigenvalue weighted by molar-refractivity contribution is -0.647. The normalized spacial score (nSPS) is 14.7. The molecule has 22 heteroatoms. The van der Waals surface area contributed by atoms with Gasteiger partial charge in [-0.05, 0) is 51.1 Å². The van der Waals surface area contributed by atoms with E-state index in [-0.39, 0.29) is 70.5 Å². The van der Waals surface area contributed by atoms with Crippen LogP contribution in [0.1, 0.15) is 50.9 Å². The molecule has 2 atom stereocenters. The second-order valence-electron chi connectivity index (χ2n) is 20.6. The lowest BCUT2D eigenvalue weighted by atomic mass is 9.77. The van der Waals surface area contributed by atoms with Crippen molar-refractivity contribution in [2.75, 3.05) is 36.4 Å². The van der Waals surface area contributed by atoms with E-state index < -0.39 is 40.8 Å². The number of thiazole rings is 1. The first-order valence-corrected chi connectivity index (χ1v) is 31.3. The molecule has 1 fully saturated rings. The van der Waals surface area contributed by atoms with Crippen LogP contribution in [0.2, 0.25) is 0 Å². The first-order chi connectivity index (χ1) is 44.1. The molecule has 12 rings (SSSR count). The van der Waals surface area contributed by atoms with E-state index in [0.717, 1.165) is 38.3 Å². The largest absolute Gasteiger partial charge is 0.618 e. The van der Waals surface area contributed by atoms with Gasteiger partial charge in [-0.15, -0.1) is 34.9 Å². The highest BCUT2D eigenvalue weighted by molar-refractivity contribution is 8.01. The van der Waals surface area contributed by atoms with Crippen molar-refractivity contribution in [2.24, 2.45) is 5.16 Å². The number of nitrogens with one attached hydrogen (secondary N) is 3. The molecule has 1 saturated heterocycles. The fourth-order valence-electron chi connectivity index (χ4n) is 10.5. The zero-order valence-corrected chi connectivity index (χ0v) is 50.9. The van der Waals surface area contributed by atoms with Crippen LogP contribution in [0.4, 0.5) is 5.13 Å². The van der Waals surface area contributed by atoms with E-state index in [4.69, 9.17) is 28.6 Å². The molecule has 6 aromatic carbocycles. The Balaban J connectivity index is 0.844. The molecule has 6 heterocycles. The minimum atomic E-state index is -1.49. The Morgan fingerprint density at radius 3 is 2.01 bits per heavy atom. The number of amides is 2. The molecule has 19 nitrogen and oxygen atoms in total. The molecule has 0 saturated carbocycles. The summed E-state index contributed by atoms with van der Waals surface area (Å²) in [6.45, 7) is -0.286. The summed E-state index contributed by atoms with van der Waals surface area (Å²) >= 11 is 3.98. The van der Waals surface area contributed by atoms with Crippen molar-refractivity contribution < 1.29 is 52.5 Å². The van der Waals surface area contributed by atoms with Crippen LogP contribution in [0.25, 0.3) is 11.4 Å². The summed E-state index contributed by atoms with van der Waals surface area (Å²) in [5.41, 5.74) is 7.55. The minimum Gasteiger partial charge on any atom is -0.618 e. The number of carboxylic acid groups (broad SMARTS) is 1. The van der Waals surface area contributed by atoms with Gasteiger partial charge in [0.15, 0.2) is 34.7 Å². The highest BCUT2D eigenvalue weighted by Crippen LogP contribution is 2.44. The molecule has 10 aromatic rings. The molecule has 3 N–H and O–H groups in total. The van der Waals surface area contributed by atoms with Crippen LogP contribution in [0, 0.1) is 5.21 Å². The predicted octanol–water partition coefficient (Wildman–Crippen LogP) is 9.17. The monoisotopic (exact) mass is 1260 g/mol. The maximum absolute atomic E-state index is 14.8. The molecule has 2 aliphatic heterocycles. The van der Waals surface area contributed by atoms with E-state index in [2.05, 4.69) is 26.4 Å². The lowest BCUT2D eigenvalue weighted by Gasteiger charge is -2.50. The van der Waals surface area contributed by atoms with E-state index in [1.165, 1.54) is 58.1 Å². The summed E-state index contributed by atoms with van der Waals surface area (Å²) in [7, 11) is 3.38. The van der Waals surface area contributed by atoms with Gasteiger partial charge in [0.05, 0.1) is 31.9 Å². The van der Waals surface area contributed by atoms with Crippen molar-refractivity contribution in [3.05, 3.63) is 285 Å². The summed E-state index contributed by atoms with van der Waals surface area (Å²) in [5, 5.41) is 43.4. The molecule has 2 aliphatic rings. The number of aliphatic carboxylic acids is 1. The van der Waals surface area contributed by atoms with Gasteiger partial charge in [-0.1, -0.05) is 179 Å². The first kappa shape index (κ1) is 59.9. The molecule has 0 radical (unpaired) electrons. The van der Waals surface area contributed by atoms with E-state index in [9.17, 15) is 24.7 Å². The Morgan fingerprint density at radius 1 is 0.811 bits per heavy atom. The van der Waals surface area contributed by atoms with Gasteiger partial charge in [0.1, 0.15) is 41.1 Å². The lowest BCUT2D eigenvalue weighted by Crippen LogP contribution is -2.71. The highest BCUT2D eigenvalue weighted by Gasteiger charge is 2.53. The summed E-state index contributed by atoms with van der Waals surface area (Å²) in [6, 6.07) is 62.2. The number of carboxylic acids is 1. The third-order valence-corrected chi connectivity index (χ3v) is 18.2. The van der Waals surface area contributed by atoms with Gasteiger partial charge in [-0.3, -0.25) is 14.5 Å². The molecular formula is C68H57N9O10S3. The van der Waals surface area contributed by atoms with Crippen molar-refractivity contribution in [1.29, 1.82) is 0 Å². The van der Waals surface area contributed by atoms with Gasteiger partial charge in [0.2, 0.25) is 30.0 Å². The number of oxime groups is 1. The number of ether oxygens (including phenoxy) is 3. The molecular weight excluding hydrogens is 1200 g/mol. The van der Waals surface area contributed by atoms with Gasteiger partial charge >= 0.3 is 0 Å². The van der Waals surface area contributed by atoms with Crippen molar-refractivity contribution in [3.63, 3.8) is 0 Å². The van der Waals surface area contributed by atoms with Gasteiger partial charge in [0.25, 0.3) is 11.8 Å². The number of benzene rings is 6. The topological polar surface area (TPSA) is 233 Å². The summed E-state index contributed by atoms with van der Waals surface area (Å²) in [5.74, 6) is -1.19. The fraction of sp³-hybridized carbons (Fsp3) is 0.147. The standard InChI is InChI=1S/C68H57N9O10S3/c1-69-75-34-32-53(33-35-75)88-41-47-42-89-65-60(64(79)77(65)61(47)66(80)81)71-63(78)59(55-43-90-67(70-55)72-68(48-22-12-5-13-23-48,49-24-14-6-15-25-49)50-26-16-7-17-27-50)74-85-40-52-36-54(73-87-52)56-37-57(58(38-76(56)82)84-39-44-28-30-51(83-2)31-29-44)86-62(45-18-8-3-9-19-45)46-20-10-4-11-21-46/h3-38,43,60,62,65,69H,39-42H2,1-2H3,(H2-,70,71,72,78,80,81)/b74-59-/t60-,65-/m1/s1.